The number of nitrogens with zero attached hydrogens (tertiary/aromatic N) is 2. The van der Waals surface area contributed by atoms with Gasteiger partial charge in [-0.3, -0.25) is 0 Å². The van der Waals surface area contributed by atoms with E-state index in [9.17, 15) is 0 Å². The van der Waals surface area contributed by atoms with Gasteiger partial charge in [0, 0.05) is 5.57 Å². The Labute approximate surface area is 85.9 Å². The zero-order valence-electron chi connectivity index (χ0n) is 6.93. The van der Waals surface area contributed by atoms with Crippen LogP contribution in [0.3, 0.4) is 0 Å². The molecular weight excluding hydrogens is 209 g/mol. The van der Waals surface area contributed by atoms with Crippen molar-refractivity contribution in [1.29, 1.82) is 0 Å². The van der Waals surface area contributed by atoms with Gasteiger partial charge in [-0.1, -0.05) is 18.2 Å². The van der Waals surface area contributed by atoms with E-state index >= 15 is 0 Å². The highest BCUT2D eigenvalue weighted by atomic mass is 35.5. The van der Waals surface area contributed by atoms with Gasteiger partial charge in [0.15, 0.2) is 0 Å². The van der Waals surface area contributed by atoms with Crippen LogP contribution >= 0.6 is 23.2 Å². The van der Waals surface area contributed by atoms with E-state index in [4.69, 9.17) is 28.9 Å². The third-order valence-corrected chi connectivity index (χ3v) is 1.95. The van der Waals surface area contributed by atoms with Gasteiger partial charge in [0.2, 0.25) is 5.28 Å². The lowest BCUT2D eigenvalue weighted by molar-refractivity contribution is 1.16. The molecule has 0 saturated carbocycles. The Bertz CT molecular complexity index is 371. The van der Waals surface area contributed by atoms with Crippen LogP contribution in [0.25, 0.3) is 5.57 Å². The summed E-state index contributed by atoms with van der Waals surface area (Å²) in [4.78, 5) is 7.52. The summed E-state index contributed by atoms with van der Waals surface area (Å²) in [6.07, 6.45) is 0. The molecule has 0 aliphatic heterocycles. The van der Waals surface area contributed by atoms with Crippen molar-refractivity contribution >= 4 is 34.6 Å². The fourth-order valence-electron chi connectivity index (χ4n) is 0.858. The summed E-state index contributed by atoms with van der Waals surface area (Å²) in [6, 6.07) is 0. The molecular formula is C8H7Cl2N3. The fourth-order valence-corrected chi connectivity index (χ4v) is 1.40. The first-order chi connectivity index (χ1) is 6.06. The molecule has 0 radical (unpaired) electrons. The molecule has 0 aromatic carbocycles. The number of anilines is 1. The van der Waals surface area contributed by atoms with Crippen molar-refractivity contribution in [2.75, 3.05) is 5.73 Å². The fraction of sp³-hybridized carbons (Fsp3) is 0.125. The van der Waals surface area contributed by atoms with Gasteiger partial charge < -0.3 is 5.73 Å². The van der Waals surface area contributed by atoms with Gasteiger partial charge in [-0.05, 0) is 18.5 Å². The lowest BCUT2D eigenvalue weighted by Crippen LogP contribution is -1.99. The molecule has 1 rings (SSSR count). The molecule has 13 heavy (non-hydrogen) atoms. The largest absolute Gasteiger partial charge is 0.383 e. The molecule has 1 aromatic heterocycles. The highest BCUT2D eigenvalue weighted by molar-refractivity contribution is 6.33. The molecule has 0 saturated heterocycles. The van der Waals surface area contributed by atoms with E-state index in [1.165, 1.54) is 0 Å². The molecule has 5 heteroatoms. The lowest BCUT2D eigenvalue weighted by atomic mass is 10.1. The second kappa shape index (κ2) is 3.79. The predicted molar refractivity (Wildman–Crippen MR) is 54.7 cm³/mol. The first kappa shape index (κ1) is 10.1. The number of rotatable bonds is 1. The summed E-state index contributed by atoms with van der Waals surface area (Å²) in [5.41, 5.74) is 9.47. The Kier molecular flexibility index (Phi) is 2.94. The molecule has 1 heterocycles. The second-order valence-electron chi connectivity index (χ2n) is 2.35. The molecule has 3 nitrogen and oxygen atoms in total. The van der Waals surface area contributed by atoms with E-state index in [-0.39, 0.29) is 16.3 Å². The third-order valence-electron chi connectivity index (χ3n) is 1.51. The average Bonchev–Trinajstić information content (AvgIpc) is 2.02. The molecule has 1 aromatic rings. The summed E-state index contributed by atoms with van der Waals surface area (Å²) < 4.78 is 0. The van der Waals surface area contributed by atoms with Crippen LogP contribution in [0.5, 0.6) is 0 Å². The maximum absolute atomic E-state index is 5.80. The van der Waals surface area contributed by atoms with Crippen molar-refractivity contribution in [2.24, 2.45) is 0 Å². The number of hydrogen-bond acceptors (Lipinski definition) is 3. The highest BCUT2D eigenvalue weighted by Crippen LogP contribution is 2.26. The maximum atomic E-state index is 5.80. The molecule has 0 spiro atoms. The summed E-state index contributed by atoms with van der Waals surface area (Å²) >= 11 is 11.3. The van der Waals surface area contributed by atoms with E-state index in [0.717, 1.165) is 0 Å². The van der Waals surface area contributed by atoms with Crippen molar-refractivity contribution < 1.29 is 0 Å². The van der Waals surface area contributed by atoms with E-state index in [0.29, 0.717) is 11.1 Å². The molecule has 0 amide bonds. The van der Waals surface area contributed by atoms with Gasteiger partial charge in [0.25, 0.3) is 0 Å². The molecule has 0 atom stereocenters. The Hall–Kier alpha value is -1.02. The predicted octanol–water partition coefficient (Wildman–Crippen LogP) is 2.55. The Morgan fingerprint density at radius 2 is 2.08 bits per heavy atom. The zero-order chi connectivity index (χ0) is 10.0. The topological polar surface area (TPSA) is 51.8 Å². The molecule has 68 valence electrons. The molecule has 0 bridgehead atoms. The van der Waals surface area contributed by atoms with E-state index in [2.05, 4.69) is 22.3 Å². The smallest absolute Gasteiger partial charge is 0.225 e. The van der Waals surface area contributed by atoms with Crippen LogP contribution in [0.15, 0.2) is 12.3 Å². The van der Waals surface area contributed by atoms with Crippen LogP contribution in [0.1, 0.15) is 12.5 Å². The molecule has 0 aliphatic rings. The molecule has 0 fully saturated rings. The van der Waals surface area contributed by atoms with Crippen molar-refractivity contribution in [2.45, 2.75) is 6.92 Å². The van der Waals surface area contributed by atoms with Crippen molar-refractivity contribution in [3.05, 3.63) is 28.3 Å². The number of hydrogen-bond donors (Lipinski definition) is 1. The van der Waals surface area contributed by atoms with Gasteiger partial charge in [-0.15, -0.1) is 5.73 Å². The van der Waals surface area contributed by atoms with Crippen LogP contribution in [-0.4, -0.2) is 9.97 Å². The lowest BCUT2D eigenvalue weighted by Gasteiger charge is -2.04. The first-order valence-corrected chi connectivity index (χ1v) is 4.17. The standard InChI is InChI=1S/C8H7Cl2N3/c1-3-4(2)5-6(9)12-8(10)13-7(5)11/h1H2,2H3,(H2,11,12,13). The number of nitrogen functional groups attached to an aromatic ring is 1. The first-order valence-electron chi connectivity index (χ1n) is 3.41. The Balaban J connectivity index is 3.46. The summed E-state index contributed by atoms with van der Waals surface area (Å²) in [5, 5.41) is 0.245. The normalized spacial score (nSPS) is 9.46. The average molecular weight is 216 g/mol. The maximum Gasteiger partial charge on any atom is 0.225 e. The SMILES string of the molecule is C=C=C(C)c1c(N)nc(Cl)nc1Cl. The highest BCUT2D eigenvalue weighted by Gasteiger charge is 2.10. The Morgan fingerprint density at radius 3 is 2.54 bits per heavy atom. The van der Waals surface area contributed by atoms with Crippen LogP contribution < -0.4 is 5.73 Å². The quantitative estimate of drug-likeness (QED) is 0.445. The van der Waals surface area contributed by atoms with Crippen molar-refractivity contribution in [3.8, 4) is 0 Å². The van der Waals surface area contributed by atoms with Gasteiger partial charge in [0.1, 0.15) is 11.0 Å². The molecule has 0 aliphatic carbocycles. The zero-order valence-corrected chi connectivity index (χ0v) is 8.45. The number of allylic oxidation sites excluding steroid dienone is 1. The van der Waals surface area contributed by atoms with Gasteiger partial charge in [-0.2, -0.15) is 0 Å². The van der Waals surface area contributed by atoms with Crippen LogP contribution in [0.4, 0.5) is 5.82 Å². The summed E-state index contributed by atoms with van der Waals surface area (Å²) in [7, 11) is 0. The van der Waals surface area contributed by atoms with Gasteiger partial charge >= 0.3 is 0 Å². The number of aromatic nitrogens is 2. The number of nitrogens with two attached hydrogens (primary N) is 1. The van der Waals surface area contributed by atoms with E-state index in [1.807, 2.05) is 0 Å². The third kappa shape index (κ3) is 2.01. The minimum absolute atomic E-state index is 0.0307. The summed E-state index contributed by atoms with van der Waals surface area (Å²) in [5.74, 6) is 0.235. The van der Waals surface area contributed by atoms with Crippen molar-refractivity contribution in [3.63, 3.8) is 0 Å². The minimum Gasteiger partial charge on any atom is -0.383 e. The monoisotopic (exact) mass is 215 g/mol. The molecule has 2 N–H and O–H groups in total. The number of halogens is 2. The van der Waals surface area contributed by atoms with Crippen LogP contribution in [-0.2, 0) is 0 Å². The second-order valence-corrected chi connectivity index (χ2v) is 3.04. The van der Waals surface area contributed by atoms with Gasteiger partial charge in [-0.25, -0.2) is 9.97 Å². The Morgan fingerprint density at radius 1 is 1.46 bits per heavy atom. The minimum atomic E-state index is 0.0307. The van der Waals surface area contributed by atoms with Gasteiger partial charge in [0.05, 0.1) is 5.56 Å². The van der Waals surface area contributed by atoms with Crippen LogP contribution in [0, 0.1) is 0 Å². The molecule has 0 unspecified atom stereocenters. The van der Waals surface area contributed by atoms with Crippen LogP contribution in [0.2, 0.25) is 10.4 Å². The van der Waals surface area contributed by atoms with Crippen molar-refractivity contribution in [1.82, 2.24) is 9.97 Å². The van der Waals surface area contributed by atoms with E-state index in [1.54, 1.807) is 6.92 Å². The van der Waals surface area contributed by atoms with E-state index < -0.39 is 0 Å². The summed E-state index contributed by atoms with van der Waals surface area (Å²) in [6.45, 7) is 5.24.